The number of aliphatic hydroxyl groups excluding tert-OH is 1. The molecular weight excluding hydrogens is 382 g/mol. The number of esters is 1. The highest BCUT2D eigenvalue weighted by molar-refractivity contribution is 6.30. The number of ketones is 1. The zero-order valence-corrected chi connectivity index (χ0v) is 16.1. The van der Waals surface area contributed by atoms with Crippen LogP contribution in [0.1, 0.15) is 35.8 Å². The van der Waals surface area contributed by atoms with Crippen LogP contribution in [0.15, 0.2) is 59.9 Å². The molecule has 0 fully saturated rings. The molecule has 28 heavy (non-hydrogen) atoms. The van der Waals surface area contributed by atoms with Gasteiger partial charge in [0.15, 0.2) is 11.5 Å². The quantitative estimate of drug-likeness (QED) is 0.768. The number of ether oxygens (including phenoxy) is 1. The average Bonchev–Trinajstić information content (AvgIpc) is 2.94. The minimum Gasteiger partial charge on any atom is -0.503 e. The molecule has 0 saturated carbocycles. The Morgan fingerprint density at radius 2 is 1.71 bits per heavy atom. The molecule has 1 heterocycles. The number of carbonyl (C=O) groups is 3. The maximum absolute atomic E-state index is 12.7. The summed E-state index contributed by atoms with van der Waals surface area (Å²) in [6, 6.07) is 12.1. The van der Waals surface area contributed by atoms with E-state index in [0.717, 1.165) is 0 Å². The lowest BCUT2D eigenvalue weighted by molar-refractivity contribution is -0.117. The summed E-state index contributed by atoms with van der Waals surface area (Å²) in [5.74, 6) is -2.14. The van der Waals surface area contributed by atoms with Crippen molar-refractivity contribution in [3.63, 3.8) is 0 Å². The van der Waals surface area contributed by atoms with Crippen molar-refractivity contribution in [2.75, 3.05) is 11.5 Å². The molecule has 1 atom stereocenters. The highest BCUT2D eigenvalue weighted by Crippen LogP contribution is 2.41. The maximum atomic E-state index is 12.7. The lowest BCUT2D eigenvalue weighted by atomic mass is 9.96. The number of amides is 1. The van der Waals surface area contributed by atoms with E-state index in [2.05, 4.69) is 0 Å². The SMILES string of the molecule is CCOC(=O)c1ccc(N2C(=O)C(O)=C(C(C)=O)[C@@H]2c2ccc(Cl)cc2)cc1. The van der Waals surface area contributed by atoms with Gasteiger partial charge in [-0.2, -0.15) is 0 Å². The number of hydrogen-bond donors (Lipinski definition) is 1. The monoisotopic (exact) mass is 399 g/mol. The third kappa shape index (κ3) is 3.51. The standard InChI is InChI=1S/C21H18ClNO5/c1-3-28-21(27)14-6-10-16(11-7-14)23-18(13-4-8-15(22)9-5-13)17(12(2)24)19(25)20(23)26/h4-11,18,25H,3H2,1-2H3/t18-/m0/s1. The van der Waals surface area contributed by atoms with E-state index in [1.807, 2.05) is 0 Å². The number of rotatable bonds is 5. The first-order valence-electron chi connectivity index (χ1n) is 8.65. The number of anilines is 1. The summed E-state index contributed by atoms with van der Waals surface area (Å²) in [4.78, 5) is 38.1. The first kappa shape index (κ1) is 19.6. The van der Waals surface area contributed by atoms with Crippen molar-refractivity contribution in [3.05, 3.63) is 76.0 Å². The van der Waals surface area contributed by atoms with Gasteiger partial charge in [-0.05, 0) is 55.8 Å². The molecular formula is C21H18ClNO5. The van der Waals surface area contributed by atoms with Gasteiger partial charge in [0, 0.05) is 10.7 Å². The van der Waals surface area contributed by atoms with Gasteiger partial charge < -0.3 is 9.84 Å². The van der Waals surface area contributed by atoms with Crippen LogP contribution in [0.2, 0.25) is 5.02 Å². The van der Waals surface area contributed by atoms with Gasteiger partial charge in [-0.15, -0.1) is 0 Å². The number of aliphatic hydroxyl groups is 1. The molecule has 2 aromatic carbocycles. The Hall–Kier alpha value is -3.12. The fourth-order valence-electron chi connectivity index (χ4n) is 3.16. The van der Waals surface area contributed by atoms with E-state index in [1.54, 1.807) is 43.3 Å². The van der Waals surface area contributed by atoms with E-state index in [4.69, 9.17) is 16.3 Å². The van der Waals surface area contributed by atoms with E-state index >= 15 is 0 Å². The molecule has 2 aromatic rings. The van der Waals surface area contributed by atoms with Crippen LogP contribution < -0.4 is 4.90 Å². The highest BCUT2D eigenvalue weighted by atomic mass is 35.5. The third-order valence-corrected chi connectivity index (χ3v) is 4.68. The predicted molar refractivity (Wildman–Crippen MR) is 104 cm³/mol. The molecule has 0 aliphatic carbocycles. The molecule has 7 heteroatoms. The van der Waals surface area contributed by atoms with Gasteiger partial charge in [0.25, 0.3) is 5.91 Å². The van der Waals surface area contributed by atoms with Crippen LogP contribution in [-0.2, 0) is 14.3 Å². The largest absolute Gasteiger partial charge is 0.503 e. The fraction of sp³-hybridized carbons (Fsp3) is 0.190. The van der Waals surface area contributed by atoms with Crippen LogP contribution >= 0.6 is 11.6 Å². The van der Waals surface area contributed by atoms with Crippen molar-refractivity contribution in [2.24, 2.45) is 0 Å². The predicted octanol–water partition coefficient (Wildman–Crippen LogP) is 4.01. The first-order chi connectivity index (χ1) is 13.3. The normalized spacial score (nSPS) is 16.5. The topological polar surface area (TPSA) is 83.9 Å². The van der Waals surface area contributed by atoms with Gasteiger partial charge in [0.05, 0.1) is 23.8 Å². The van der Waals surface area contributed by atoms with Crippen LogP contribution in [0.25, 0.3) is 0 Å². The maximum Gasteiger partial charge on any atom is 0.338 e. The van der Waals surface area contributed by atoms with Gasteiger partial charge in [-0.3, -0.25) is 14.5 Å². The summed E-state index contributed by atoms with van der Waals surface area (Å²) >= 11 is 5.95. The molecule has 0 saturated heterocycles. The van der Waals surface area contributed by atoms with Crippen LogP contribution in [0.4, 0.5) is 5.69 Å². The first-order valence-corrected chi connectivity index (χ1v) is 9.03. The van der Waals surface area contributed by atoms with Gasteiger partial charge >= 0.3 is 5.97 Å². The fourth-order valence-corrected chi connectivity index (χ4v) is 3.29. The number of halogens is 1. The summed E-state index contributed by atoms with van der Waals surface area (Å²) in [7, 11) is 0. The van der Waals surface area contributed by atoms with Crippen molar-refractivity contribution in [3.8, 4) is 0 Å². The molecule has 0 spiro atoms. The highest BCUT2D eigenvalue weighted by Gasteiger charge is 2.43. The number of benzene rings is 2. The van der Waals surface area contributed by atoms with Crippen molar-refractivity contribution < 1.29 is 24.2 Å². The van der Waals surface area contributed by atoms with E-state index in [0.29, 0.717) is 21.8 Å². The molecule has 0 unspecified atom stereocenters. The average molecular weight is 400 g/mol. The molecule has 144 valence electrons. The van der Waals surface area contributed by atoms with E-state index in [-0.39, 0.29) is 12.2 Å². The minimum atomic E-state index is -0.796. The number of hydrogen-bond acceptors (Lipinski definition) is 5. The summed E-state index contributed by atoms with van der Waals surface area (Å²) in [5.41, 5.74) is 1.41. The van der Waals surface area contributed by atoms with Gasteiger partial charge in [-0.25, -0.2) is 4.79 Å². The van der Waals surface area contributed by atoms with Gasteiger partial charge in [0.2, 0.25) is 0 Å². The third-order valence-electron chi connectivity index (χ3n) is 4.43. The van der Waals surface area contributed by atoms with Crippen LogP contribution in [0.3, 0.4) is 0 Å². The Kier molecular flexibility index (Phi) is 5.51. The summed E-state index contributed by atoms with van der Waals surface area (Å²) < 4.78 is 4.96. The Balaban J connectivity index is 2.05. The number of nitrogens with zero attached hydrogens (tertiary/aromatic N) is 1. The van der Waals surface area contributed by atoms with Crippen molar-refractivity contribution >= 4 is 34.9 Å². The second kappa shape index (κ2) is 7.86. The molecule has 1 amide bonds. The van der Waals surface area contributed by atoms with Crippen LogP contribution in [0, 0.1) is 0 Å². The molecule has 1 aliphatic heterocycles. The molecule has 3 rings (SSSR count). The Morgan fingerprint density at radius 1 is 1.11 bits per heavy atom. The Morgan fingerprint density at radius 3 is 2.25 bits per heavy atom. The number of carbonyl (C=O) groups excluding carboxylic acids is 3. The van der Waals surface area contributed by atoms with Crippen molar-refractivity contribution in [1.29, 1.82) is 0 Å². The van der Waals surface area contributed by atoms with Crippen molar-refractivity contribution in [2.45, 2.75) is 19.9 Å². The van der Waals surface area contributed by atoms with Crippen molar-refractivity contribution in [1.82, 2.24) is 0 Å². The van der Waals surface area contributed by atoms with Gasteiger partial charge in [0.1, 0.15) is 0 Å². The summed E-state index contributed by atoms with van der Waals surface area (Å²) in [6.45, 7) is 3.27. The molecule has 0 bridgehead atoms. The minimum absolute atomic E-state index is 0.0155. The van der Waals surface area contributed by atoms with Crippen LogP contribution in [0.5, 0.6) is 0 Å². The second-order valence-corrected chi connectivity index (χ2v) is 6.65. The lowest BCUT2D eigenvalue weighted by Crippen LogP contribution is -2.30. The molecule has 0 aromatic heterocycles. The molecule has 0 radical (unpaired) electrons. The molecule has 1 N–H and O–H groups in total. The van der Waals surface area contributed by atoms with Gasteiger partial charge in [-0.1, -0.05) is 23.7 Å². The van der Waals surface area contributed by atoms with E-state index < -0.39 is 29.5 Å². The number of Topliss-reactive ketones (excluding diaryl/α,β-unsaturated/α-hetero) is 1. The van der Waals surface area contributed by atoms with E-state index in [9.17, 15) is 19.5 Å². The zero-order valence-electron chi connectivity index (χ0n) is 15.3. The smallest absolute Gasteiger partial charge is 0.338 e. The summed E-state index contributed by atoms with van der Waals surface area (Å²) in [5, 5.41) is 10.8. The molecule has 6 nitrogen and oxygen atoms in total. The molecule has 1 aliphatic rings. The van der Waals surface area contributed by atoms with Crippen LogP contribution in [-0.4, -0.2) is 29.4 Å². The Labute approximate surface area is 167 Å². The van der Waals surface area contributed by atoms with E-state index in [1.165, 1.54) is 24.0 Å². The zero-order chi connectivity index (χ0) is 20.4. The summed E-state index contributed by atoms with van der Waals surface area (Å²) in [6.07, 6.45) is 0. The Bertz CT molecular complexity index is 963. The lowest BCUT2D eigenvalue weighted by Gasteiger charge is -2.26. The second-order valence-electron chi connectivity index (χ2n) is 6.22.